The van der Waals surface area contributed by atoms with E-state index < -0.39 is 12.0 Å². The van der Waals surface area contributed by atoms with E-state index in [1.807, 2.05) is 0 Å². The highest BCUT2D eigenvalue weighted by atomic mass is 35.5. The number of aromatic hydroxyl groups is 1. The Kier molecular flexibility index (Phi) is 3.66. The zero-order valence-electron chi connectivity index (χ0n) is 7.79. The second-order valence-corrected chi connectivity index (χ2v) is 3.81. The summed E-state index contributed by atoms with van der Waals surface area (Å²) in [7, 11) is 0. The number of carbonyl (C=O) groups is 1. The second kappa shape index (κ2) is 4.59. The first-order valence-electron chi connectivity index (χ1n) is 4.09. The Morgan fingerprint density at radius 2 is 1.87 bits per heavy atom. The maximum atomic E-state index is 10.6. The Balaban J connectivity index is 2.92. The summed E-state index contributed by atoms with van der Waals surface area (Å²) in [5.74, 6) is -1.21. The lowest BCUT2D eigenvalue weighted by molar-refractivity contribution is -0.137. The van der Waals surface area contributed by atoms with Crippen LogP contribution < -0.4 is 5.32 Å². The molecule has 0 aliphatic carbocycles. The molecule has 0 heterocycles. The SMILES string of the molecule is C[C@H](Nc1cc(Cl)c(O)c(Cl)c1)C(=O)O. The zero-order chi connectivity index (χ0) is 11.6. The minimum Gasteiger partial charge on any atom is -0.505 e. The molecule has 0 amide bonds. The molecule has 0 aliphatic rings. The molecule has 1 rings (SSSR count). The lowest BCUT2D eigenvalue weighted by atomic mass is 10.2. The second-order valence-electron chi connectivity index (χ2n) is 2.99. The average molecular weight is 250 g/mol. The van der Waals surface area contributed by atoms with Gasteiger partial charge in [-0.2, -0.15) is 0 Å². The van der Waals surface area contributed by atoms with E-state index in [-0.39, 0.29) is 15.8 Å². The number of phenols is 1. The Morgan fingerprint density at radius 1 is 1.40 bits per heavy atom. The highest BCUT2D eigenvalue weighted by molar-refractivity contribution is 6.37. The number of phenolic OH excluding ortho intramolecular Hbond substituents is 1. The van der Waals surface area contributed by atoms with E-state index in [0.29, 0.717) is 5.69 Å². The molecule has 0 aliphatic heterocycles. The molecule has 0 saturated heterocycles. The highest BCUT2D eigenvalue weighted by Crippen LogP contribution is 2.34. The number of aliphatic carboxylic acids is 1. The Labute approximate surface area is 96.4 Å². The molecular formula is C9H9Cl2NO3. The molecule has 0 unspecified atom stereocenters. The number of hydrogen-bond donors (Lipinski definition) is 3. The van der Waals surface area contributed by atoms with E-state index in [9.17, 15) is 9.90 Å². The van der Waals surface area contributed by atoms with Crippen LogP contribution in [0.25, 0.3) is 0 Å². The van der Waals surface area contributed by atoms with Gasteiger partial charge < -0.3 is 15.5 Å². The van der Waals surface area contributed by atoms with Crippen molar-refractivity contribution in [3.05, 3.63) is 22.2 Å². The number of hydrogen-bond acceptors (Lipinski definition) is 3. The fourth-order valence-electron chi connectivity index (χ4n) is 0.961. The van der Waals surface area contributed by atoms with Gasteiger partial charge in [-0.1, -0.05) is 23.2 Å². The van der Waals surface area contributed by atoms with Gasteiger partial charge in [0.15, 0.2) is 5.75 Å². The van der Waals surface area contributed by atoms with Crippen molar-refractivity contribution in [2.24, 2.45) is 0 Å². The van der Waals surface area contributed by atoms with E-state index in [4.69, 9.17) is 28.3 Å². The number of carboxylic acid groups (broad SMARTS) is 1. The van der Waals surface area contributed by atoms with Crippen molar-refractivity contribution >= 4 is 34.9 Å². The molecule has 0 bridgehead atoms. The molecule has 0 aromatic heterocycles. The van der Waals surface area contributed by atoms with Gasteiger partial charge in [0.2, 0.25) is 0 Å². The first kappa shape index (κ1) is 11.9. The van der Waals surface area contributed by atoms with E-state index in [0.717, 1.165) is 0 Å². The van der Waals surface area contributed by atoms with Gasteiger partial charge in [-0.25, -0.2) is 0 Å². The normalized spacial score (nSPS) is 12.2. The molecule has 4 nitrogen and oxygen atoms in total. The lowest BCUT2D eigenvalue weighted by Gasteiger charge is -2.12. The van der Waals surface area contributed by atoms with Crippen LogP contribution in [0.1, 0.15) is 6.92 Å². The number of halogens is 2. The Bertz CT molecular complexity index is 372. The summed E-state index contributed by atoms with van der Waals surface area (Å²) < 4.78 is 0. The zero-order valence-corrected chi connectivity index (χ0v) is 9.30. The van der Waals surface area contributed by atoms with Crippen LogP contribution in [-0.2, 0) is 4.79 Å². The summed E-state index contributed by atoms with van der Waals surface area (Å²) in [4.78, 5) is 10.6. The molecule has 82 valence electrons. The Hall–Kier alpha value is -1.13. The first-order chi connectivity index (χ1) is 6.91. The molecule has 0 radical (unpaired) electrons. The van der Waals surface area contributed by atoms with Crippen molar-refractivity contribution < 1.29 is 15.0 Å². The first-order valence-corrected chi connectivity index (χ1v) is 4.84. The summed E-state index contributed by atoms with van der Waals surface area (Å²) >= 11 is 11.3. The van der Waals surface area contributed by atoms with Crippen molar-refractivity contribution in [2.75, 3.05) is 5.32 Å². The molecule has 0 saturated carbocycles. The van der Waals surface area contributed by atoms with E-state index in [1.165, 1.54) is 19.1 Å². The maximum Gasteiger partial charge on any atom is 0.325 e. The van der Waals surface area contributed by atoms with Gasteiger partial charge in [0.1, 0.15) is 6.04 Å². The number of rotatable bonds is 3. The number of carboxylic acids is 1. The molecule has 1 aromatic rings. The number of nitrogens with one attached hydrogen (secondary N) is 1. The molecule has 1 atom stereocenters. The summed E-state index contributed by atoms with van der Waals surface area (Å²) in [5.41, 5.74) is 0.442. The summed E-state index contributed by atoms with van der Waals surface area (Å²) in [6, 6.07) is 2.05. The van der Waals surface area contributed by atoms with Gasteiger partial charge in [0, 0.05) is 5.69 Å². The molecule has 6 heteroatoms. The van der Waals surface area contributed by atoms with Gasteiger partial charge in [-0.3, -0.25) is 4.79 Å². The van der Waals surface area contributed by atoms with Crippen molar-refractivity contribution in [3.8, 4) is 5.75 Å². The van der Waals surface area contributed by atoms with Gasteiger partial charge in [-0.05, 0) is 19.1 Å². The summed E-state index contributed by atoms with van der Waals surface area (Å²) in [5, 5.41) is 20.7. The number of anilines is 1. The van der Waals surface area contributed by atoms with Gasteiger partial charge >= 0.3 is 5.97 Å². The van der Waals surface area contributed by atoms with Crippen LogP contribution in [0.2, 0.25) is 10.0 Å². The monoisotopic (exact) mass is 249 g/mol. The van der Waals surface area contributed by atoms with E-state index in [1.54, 1.807) is 0 Å². The topological polar surface area (TPSA) is 69.6 Å². The van der Waals surface area contributed by atoms with Crippen molar-refractivity contribution in [1.82, 2.24) is 0 Å². The van der Waals surface area contributed by atoms with Crippen LogP contribution in [0.5, 0.6) is 5.75 Å². The summed E-state index contributed by atoms with van der Waals surface area (Å²) in [6.45, 7) is 1.48. The van der Waals surface area contributed by atoms with Crippen molar-refractivity contribution in [1.29, 1.82) is 0 Å². The minimum absolute atomic E-state index is 0.0718. The third-order valence-corrected chi connectivity index (χ3v) is 2.35. The van der Waals surface area contributed by atoms with E-state index in [2.05, 4.69) is 5.32 Å². The van der Waals surface area contributed by atoms with Crippen LogP contribution in [0.4, 0.5) is 5.69 Å². The fourth-order valence-corrected chi connectivity index (χ4v) is 1.45. The fraction of sp³-hybridized carbons (Fsp3) is 0.222. The predicted octanol–water partition coefficient (Wildman–Crippen LogP) is 2.58. The standard InChI is InChI=1S/C9H9Cl2NO3/c1-4(9(14)15)12-5-2-6(10)8(13)7(11)3-5/h2-4,12-13H,1H3,(H,14,15)/t4-/m0/s1. The molecular weight excluding hydrogens is 241 g/mol. The third kappa shape index (κ3) is 2.91. The minimum atomic E-state index is -0.990. The lowest BCUT2D eigenvalue weighted by Crippen LogP contribution is -2.25. The quantitative estimate of drug-likeness (QED) is 0.721. The Morgan fingerprint density at radius 3 is 2.27 bits per heavy atom. The van der Waals surface area contributed by atoms with Crippen LogP contribution >= 0.6 is 23.2 Å². The van der Waals surface area contributed by atoms with Crippen LogP contribution in [-0.4, -0.2) is 22.2 Å². The predicted molar refractivity (Wildman–Crippen MR) is 58.8 cm³/mol. The maximum absolute atomic E-state index is 10.6. The van der Waals surface area contributed by atoms with E-state index >= 15 is 0 Å². The van der Waals surface area contributed by atoms with Crippen LogP contribution in [0, 0.1) is 0 Å². The molecule has 3 N–H and O–H groups in total. The molecule has 0 fully saturated rings. The largest absolute Gasteiger partial charge is 0.505 e. The van der Waals surface area contributed by atoms with Crippen molar-refractivity contribution in [2.45, 2.75) is 13.0 Å². The third-order valence-electron chi connectivity index (χ3n) is 1.77. The average Bonchev–Trinajstić information content (AvgIpc) is 2.13. The number of benzene rings is 1. The van der Waals surface area contributed by atoms with Gasteiger partial charge in [0.25, 0.3) is 0 Å². The highest BCUT2D eigenvalue weighted by Gasteiger charge is 2.12. The van der Waals surface area contributed by atoms with Crippen LogP contribution in [0.15, 0.2) is 12.1 Å². The van der Waals surface area contributed by atoms with Gasteiger partial charge in [0.05, 0.1) is 10.0 Å². The van der Waals surface area contributed by atoms with Crippen LogP contribution in [0.3, 0.4) is 0 Å². The molecule has 0 spiro atoms. The summed E-state index contributed by atoms with van der Waals surface area (Å²) in [6.07, 6.45) is 0. The van der Waals surface area contributed by atoms with Crippen molar-refractivity contribution in [3.63, 3.8) is 0 Å². The van der Waals surface area contributed by atoms with Gasteiger partial charge in [-0.15, -0.1) is 0 Å². The molecule has 1 aromatic carbocycles. The smallest absolute Gasteiger partial charge is 0.325 e. The molecule has 15 heavy (non-hydrogen) atoms.